The van der Waals surface area contributed by atoms with Crippen LogP contribution in [0.2, 0.25) is 0 Å². The van der Waals surface area contributed by atoms with Crippen molar-refractivity contribution in [3.63, 3.8) is 0 Å². The second-order valence-electron chi connectivity index (χ2n) is 8.27. The molecule has 1 saturated heterocycles. The molecule has 2 aromatic carbocycles. The maximum absolute atomic E-state index is 13.4. The van der Waals surface area contributed by atoms with Crippen LogP contribution < -0.4 is 0 Å². The molecule has 1 amide bonds. The quantitative estimate of drug-likeness (QED) is 0.696. The zero-order chi connectivity index (χ0) is 19.1. The molecule has 2 aliphatic rings. The summed E-state index contributed by atoms with van der Waals surface area (Å²) in [4.78, 5) is 18.7. The van der Waals surface area contributed by atoms with Gasteiger partial charge in [0.25, 0.3) is 5.91 Å². The van der Waals surface area contributed by atoms with Gasteiger partial charge in [0, 0.05) is 29.4 Å². The van der Waals surface area contributed by atoms with Gasteiger partial charge in [0.1, 0.15) is 5.69 Å². The van der Waals surface area contributed by atoms with Crippen LogP contribution in [0, 0.1) is 5.92 Å². The summed E-state index contributed by atoms with van der Waals surface area (Å²) in [6.07, 6.45) is 4.75. The van der Waals surface area contributed by atoms with Gasteiger partial charge in [-0.2, -0.15) is 0 Å². The first-order chi connectivity index (χ1) is 13.7. The fourth-order valence-corrected chi connectivity index (χ4v) is 5.36. The van der Waals surface area contributed by atoms with Crippen LogP contribution in [0.4, 0.5) is 0 Å². The molecule has 0 radical (unpaired) electrons. The van der Waals surface area contributed by atoms with Crippen molar-refractivity contribution < 1.29 is 9.90 Å². The molecule has 2 N–H and O–H groups in total. The van der Waals surface area contributed by atoms with Gasteiger partial charge in [-0.3, -0.25) is 4.79 Å². The van der Waals surface area contributed by atoms with Crippen molar-refractivity contribution in [3.05, 3.63) is 71.9 Å². The van der Waals surface area contributed by atoms with Gasteiger partial charge in [-0.25, -0.2) is 0 Å². The average molecular weight is 374 g/mol. The first kappa shape index (κ1) is 17.5. The Kier molecular flexibility index (Phi) is 4.24. The number of para-hydroxylation sites is 1. The summed E-state index contributed by atoms with van der Waals surface area (Å²) >= 11 is 0. The predicted octanol–water partition coefficient (Wildman–Crippen LogP) is 4.46. The van der Waals surface area contributed by atoms with E-state index >= 15 is 0 Å². The molecule has 28 heavy (non-hydrogen) atoms. The molecule has 3 atom stereocenters. The van der Waals surface area contributed by atoms with Gasteiger partial charge in [-0.15, -0.1) is 0 Å². The Morgan fingerprint density at radius 2 is 1.79 bits per heavy atom. The SMILES string of the molecule is O=C(c1cc2ccccc2[nH]1)N1CCC(O)(c2ccccc2)C2CCCCC21. The lowest BCUT2D eigenvalue weighted by molar-refractivity contribution is -0.110. The number of aromatic nitrogens is 1. The Balaban J connectivity index is 1.48. The highest BCUT2D eigenvalue weighted by atomic mass is 16.3. The standard InChI is InChI=1S/C24H26N2O2/c27-23(21-16-17-8-4-6-12-20(17)25-21)26-15-14-24(28,18-9-2-1-3-10-18)19-11-5-7-13-22(19)26/h1-4,6,8-10,12,16,19,22,25,28H,5,7,11,13-15H2. The van der Waals surface area contributed by atoms with Gasteiger partial charge in [0.15, 0.2) is 0 Å². The lowest BCUT2D eigenvalue weighted by atomic mass is 9.66. The van der Waals surface area contributed by atoms with E-state index in [0.29, 0.717) is 18.7 Å². The Labute approximate surface area is 165 Å². The van der Waals surface area contributed by atoms with Crippen LogP contribution in [0.1, 0.15) is 48.2 Å². The predicted molar refractivity (Wildman–Crippen MR) is 110 cm³/mol. The van der Waals surface area contributed by atoms with E-state index in [0.717, 1.165) is 42.1 Å². The minimum atomic E-state index is -0.844. The number of nitrogens with zero attached hydrogens (tertiary/aromatic N) is 1. The normalized spacial score (nSPS) is 27.5. The van der Waals surface area contributed by atoms with Crippen molar-refractivity contribution in [1.29, 1.82) is 0 Å². The molecular formula is C24H26N2O2. The van der Waals surface area contributed by atoms with E-state index in [1.165, 1.54) is 0 Å². The molecule has 2 fully saturated rings. The number of aliphatic hydroxyl groups is 1. The summed E-state index contributed by atoms with van der Waals surface area (Å²) in [5.41, 5.74) is 1.79. The number of H-pyrrole nitrogens is 1. The number of hydrogen-bond donors (Lipinski definition) is 2. The van der Waals surface area contributed by atoms with E-state index in [9.17, 15) is 9.90 Å². The van der Waals surface area contributed by atoms with Crippen LogP contribution in [-0.4, -0.2) is 33.5 Å². The maximum atomic E-state index is 13.4. The van der Waals surface area contributed by atoms with Gasteiger partial charge in [-0.05, 0) is 37.0 Å². The number of piperidine rings is 1. The third-order valence-electron chi connectivity index (χ3n) is 6.77. The molecule has 0 spiro atoms. The van der Waals surface area contributed by atoms with Gasteiger partial charge in [-0.1, -0.05) is 61.4 Å². The summed E-state index contributed by atoms with van der Waals surface area (Å²) in [7, 11) is 0. The van der Waals surface area contributed by atoms with Crippen molar-refractivity contribution in [2.24, 2.45) is 5.92 Å². The highest BCUT2D eigenvalue weighted by Crippen LogP contribution is 2.47. The van der Waals surface area contributed by atoms with Crippen molar-refractivity contribution in [2.45, 2.75) is 43.7 Å². The minimum Gasteiger partial charge on any atom is -0.385 e. The summed E-state index contributed by atoms with van der Waals surface area (Å²) < 4.78 is 0. The third kappa shape index (κ3) is 2.75. The van der Waals surface area contributed by atoms with Gasteiger partial charge < -0.3 is 15.0 Å². The van der Waals surface area contributed by atoms with E-state index in [1.54, 1.807) is 0 Å². The summed E-state index contributed by atoms with van der Waals surface area (Å²) in [6.45, 7) is 0.584. The molecule has 3 aromatic rings. The molecule has 0 bridgehead atoms. The topological polar surface area (TPSA) is 56.3 Å². The van der Waals surface area contributed by atoms with Crippen molar-refractivity contribution in [1.82, 2.24) is 9.88 Å². The Morgan fingerprint density at radius 3 is 2.61 bits per heavy atom. The molecule has 3 unspecified atom stereocenters. The van der Waals surface area contributed by atoms with Crippen LogP contribution in [0.25, 0.3) is 10.9 Å². The first-order valence-corrected chi connectivity index (χ1v) is 10.3. The highest BCUT2D eigenvalue weighted by Gasteiger charge is 2.50. The number of likely N-dealkylation sites (tertiary alicyclic amines) is 1. The van der Waals surface area contributed by atoms with Crippen LogP contribution in [0.15, 0.2) is 60.7 Å². The van der Waals surface area contributed by atoms with Gasteiger partial charge in [0.2, 0.25) is 0 Å². The van der Waals surface area contributed by atoms with E-state index in [-0.39, 0.29) is 17.9 Å². The summed E-state index contributed by atoms with van der Waals surface area (Å²) in [6, 6.07) is 20.1. The number of aromatic amines is 1. The van der Waals surface area contributed by atoms with E-state index < -0.39 is 5.60 Å². The van der Waals surface area contributed by atoms with Gasteiger partial charge >= 0.3 is 0 Å². The molecule has 2 heterocycles. The second kappa shape index (κ2) is 6.78. The van der Waals surface area contributed by atoms with Gasteiger partial charge in [0.05, 0.1) is 5.60 Å². The first-order valence-electron chi connectivity index (χ1n) is 10.3. The van der Waals surface area contributed by atoms with Crippen molar-refractivity contribution in [3.8, 4) is 0 Å². The molecule has 5 rings (SSSR count). The Bertz CT molecular complexity index is 963. The molecule has 1 aliphatic carbocycles. The number of amides is 1. The minimum absolute atomic E-state index is 0.0585. The Hall–Kier alpha value is -2.59. The number of rotatable bonds is 2. The number of carbonyl (C=O) groups excluding carboxylic acids is 1. The number of fused-ring (bicyclic) bond motifs is 2. The summed E-state index contributed by atoms with van der Waals surface area (Å²) in [5.74, 6) is 0.147. The van der Waals surface area contributed by atoms with E-state index in [4.69, 9.17) is 0 Å². The van der Waals surface area contributed by atoms with E-state index in [2.05, 4.69) is 4.98 Å². The second-order valence-corrected chi connectivity index (χ2v) is 8.27. The fraction of sp³-hybridized carbons (Fsp3) is 0.375. The molecule has 1 aliphatic heterocycles. The zero-order valence-electron chi connectivity index (χ0n) is 16.0. The lowest BCUT2D eigenvalue weighted by Gasteiger charge is -2.52. The largest absolute Gasteiger partial charge is 0.385 e. The van der Waals surface area contributed by atoms with Crippen LogP contribution in [0.5, 0.6) is 0 Å². The smallest absolute Gasteiger partial charge is 0.270 e. The zero-order valence-corrected chi connectivity index (χ0v) is 16.0. The lowest BCUT2D eigenvalue weighted by Crippen LogP contribution is -2.59. The van der Waals surface area contributed by atoms with Crippen LogP contribution >= 0.6 is 0 Å². The van der Waals surface area contributed by atoms with Crippen LogP contribution in [0.3, 0.4) is 0 Å². The monoisotopic (exact) mass is 374 g/mol. The number of benzene rings is 2. The Morgan fingerprint density at radius 1 is 1.04 bits per heavy atom. The van der Waals surface area contributed by atoms with Crippen molar-refractivity contribution >= 4 is 16.8 Å². The molecule has 4 heteroatoms. The molecule has 144 valence electrons. The average Bonchev–Trinajstić information content (AvgIpc) is 3.19. The number of carbonyl (C=O) groups is 1. The number of hydrogen-bond acceptors (Lipinski definition) is 2. The number of nitrogens with one attached hydrogen (secondary N) is 1. The maximum Gasteiger partial charge on any atom is 0.270 e. The third-order valence-corrected chi connectivity index (χ3v) is 6.77. The fourth-order valence-electron chi connectivity index (χ4n) is 5.36. The molecule has 4 nitrogen and oxygen atoms in total. The van der Waals surface area contributed by atoms with Crippen molar-refractivity contribution in [2.75, 3.05) is 6.54 Å². The molecular weight excluding hydrogens is 348 g/mol. The van der Waals surface area contributed by atoms with Crippen LogP contribution in [-0.2, 0) is 5.60 Å². The molecule has 1 saturated carbocycles. The highest BCUT2D eigenvalue weighted by molar-refractivity contribution is 5.98. The van der Waals surface area contributed by atoms with E-state index in [1.807, 2.05) is 65.6 Å². The summed E-state index contributed by atoms with van der Waals surface area (Å²) in [5, 5.41) is 12.7. The molecule has 1 aromatic heterocycles.